The van der Waals surface area contributed by atoms with Gasteiger partial charge in [0.05, 0.1) is 18.0 Å². The van der Waals surface area contributed by atoms with Crippen molar-refractivity contribution in [2.75, 3.05) is 26.1 Å². The Morgan fingerprint density at radius 1 is 1.07 bits per heavy atom. The zero-order valence-electron chi connectivity index (χ0n) is 17.0. The predicted molar refractivity (Wildman–Crippen MR) is 112 cm³/mol. The van der Waals surface area contributed by atoms with E-state index in [1.54, 1.807) is 24.3 Å². The highest BCUT2D eigenvalue weighted by Crippen LogP contribution is 2.16. The average Bonchev–Trinajstić information content (AvgIpc) is 2.72. The predicted octanol–water partition coefficient (Wildman–Crippen LogP) is 1.26. The number of ether oxygens (including phenoxy) is 2. The largest absolute Gasteiger partial charge is 0.497 e. The first-order valence-corrected chi connectivity index (χ1v) is 10.6. The molecule has 0 saturated carbocycles. The first-order chi connectivity index (χ1) is 14.2. The van der Waals surface area contributed by atoms with E-state index in [1.165, 1.54) is 45.4 Å². The molecule has 2 amide bonds. The molecule has 0 aromatic heterocycles. The Morgan fingerprint density at radius 3 is 2.40 bits per heavy atom. The van der Waals surface area contributed by atoms with E-state index in [0.29, 0.717) is 11.4 Å². The van der Waals surface area contributed by atoms with E-state index in [1.807, 2.05) is 0 Å². The first kappa shape index (κ1) is 23.3. The van der Waals surface area contributed by atoms with Gasteiger partial charge in [0.1, 0.15) is 12.4 Å². The Morgan fingerprint density at radius 2 is 1.77 bits per heavy atom. The van der Waals surface area contributed by atoms with Gasteiger partial charge in [0, 0.05) is 19.3 Å². The number of carbonyl (C=O) groups is 2. The molecule has 0 fully saturated rings. The Hall–Kier alpha value is -2.95. The number of sulfonamides is 1. The fourth-order valence-electron chi connectivity index (χ4n) is 2.54. The minimum atomic E-state index is -3.86. The number of amides is 2. The highest BCUT2D eigenvalue weighted by molar-refractivity contribution is 7.89. The van der Waals surface area contributed by atoms with Crippen LogP contribution in [0.2, 0.25) is 0 Å². The molecule has 3 N–H and O–H groups in total. The van der Waals surface area contributed by atoms with Crippen LogP contribution in [0.15, 0.2) is 53.4 Å². The molecule has 0 aliphatic heterocycles. The smallest absolute Gasteiger partial charge is 0.250 e. The molecule has 0 unspecified atom stereocenters. The Bertz CT molecular complexity index is 976. The summed E-state index contributed by atoms with van der Waals surface area (Å²) in [6, 6.07) is 11.8. The second-order valence-electron chi connectivity index (χ2n) is 6.42. The third-order valence-electron chi connectivity index (χ3n) is 4.05. The Balaban J connectivity index is 1.93. The van der Waals surface area contributed by atoms with Crippen LogP contribution in [0.5, 0.6) is 5.75 Å². The van der Waals surface area contributed by atoms with Crippen molar-refractivity contribution in [1.82, 2.24) is 10.0 Å². The lowest BCUT2D eigenvalue weighted by Gasteiger charge is -2.15. The van der Waals surface area contributed by atoms with Crippen LogP contribution in [-0.2, 0) is 30.9 Å². The maximum atomic E-state index is 12.4. The van der Waals surface area contributed by atoms with Crippen LogP contribution in [0.4, 0.5) is 5.69 Å². The molecule has 0 aliphatic carbocycles. The van der Waals surface area contributed by atoms with Crippen LogP contribution >= 0.6 is 0 Å². The summed E-state index contributed by atoms with van der Waals surface area (Å²) in [5.41, 5.74) is 1.31. The molecular formula is C20H25N3O6S. The van der Waals surface area contributed by atoms with Crippen LogP contribution in [0, 0.1) is 0 Å². The molecule has 9 nitrogen and oxygen atoms in total. The summed E-state index contributed by atoms with van der Waals surface area (Å²) in [4.78, 5) is 23.9. The number of methoxy groups -OCH3 is 2. The normalized spacial score (nSPS) is 12.1. The van der Waals surface area contributed by atoms with Crippen molar-refractivity contribution < 1.29 is 27.5 Å². The van der Waals surface area contributed by atoms with Gasteiger partial charge >= 0.3 is 0 Å². The third kappa shape index (κ3) is 6.83. The number of anilines is 1. The van der Waals surface area contributed by atoms with Gasteiger partial charge < -0.3 is 20.1 Å². The molecule has 0 radical (unpaired) electrons. The number of nitrogens with one attached hydrogen (secondary N) is 3. The molecule has 1 atom stereocenters. The van der Waals surface area contributed by atoms with Crippen LogP contribution in [-0.4, -0.2) is 47.1 Å². The van der Waals surface area contributed by atoms with E-state index >= 15 is 0 Å². The van der Waals surface area contributed by atoms with Crippen molar-refractivity contribution in [2.24, 2.45) is 0 Å². The standard InChI is InChI=1S/C20H25N3O6S/c1-14(23-30(26,27)18-9-7-17(29-3)8-10-18)20(25)21-12-15-5-4-6-16(11-15)22-19(24)13-28-2/h4-11,14,23H,12-13H2,1-3H3,(H,21,25)(H,22,24)/t14-/m0/s1. The molecule has 2 aromatic rings. The van der Waals surface area contributed by atoms with Gasteiger partial charge in [-0.3, -0.25) is 9.59 Å². The van der Waals surface area contributed by atoms with E-state index in [9.17, 15) is 18.0 Å². The molecule has 0 saturated heterocycles. The molecule has 0 bridgehead atoms. The van der Waals surface area contributed by atoms with Gasteiger partial charge in [-0.1, -0.05) is 12.1 Å². The first-order valence-electron chi connectivity index (χ1n) is 9.07. The van der Waals surface area contributed by atoms with Crippen LogP contribution in [0.25, 0.3) is 0 Å². The highest BCUT2D eigenvalue weighted by atomic mass is 32.2. The molecule has 2 rings (SSSR count). The molecule has 2 aromatic carbocycles. The maximum Gasteiger partial charge on any atom is 0.250 e. The average molecular weight is 436 g/mol. The number of hydrogen-bond donors (Lipinski definition) is 3. The van der Waals surface area contributed by atoms with Crippen molar-refractivity contribution in [1.29, 1.82) is 0 Å². The van der Waals surface area contributed by atoms with Crippen molar-refractivity contribution in [3.63, 3.8) is 0 Å². The zero-order valence-corrected chi connectivity index (χ0v) is 17.8. The fraction of sp³-hybridized carbons (Fsp3) is 0.300. The monoisotopic (exact) mass is 435 g/mol. The van der Waals surface area contributed by atoms with E-state index in [0.717, 1.165) is 5.56 Å². The highest BCUT2D eigenvalue weighted by Gasteiger charge is 2.22. The molecule has 10 heteroatoms. The second kappa shape index (κ2) is 10.7. The van der Waals surface area contributed by atoms with Gasteiger partial charge in [0.15, 0.2) is 0 Å². The van der Waals surface area contributed by atoms with Crippen molar-refractivity contribution in [3.05, 3.63) is 54.1 Å². The molecule has 0 heterocycles. The summed E-state index contributed by atoms with van der Waals surface area (Å²) in [5.74, 6) is -0.249. The topological polar surface area (TPSA) is 123 Å². The van der Waals surface area contributed by atoms with Crippen molar-refractivity contribution in [3.8, 4) is 5.75 Å². The van der Waals surface area contributed by atoms with E-state index in [-0.39, 0.29) is 24.0 Å². The van der Waals surface area contributed by atoms with Gasteiger partial charge in [-0.15, -0.1) is 0 Å². The van der Waals surface area contributed by atoms with Gasteiger partial charge in [-0.05, 0) is 48.9 Å². The second-order valence-corrected chi connectivity index (χ2v) is 8.13. The van der Waals surface area contributed by atoms with Gasteiger partial charge in [-0.25, -0.2) is 8.42 Å². The minimum Gasteiger partial charge on any atom is -0.497 e. The number of carbonyl (C=O) groups excluding carboxylic acids is 2. The molecule has 0 aliphatic rings. The fourth-order valence-corrected chi connectivity index (χ4v) is 3.74. The van der Waals surface area contributed by atoms with E-state index < -0.39 is 22.0 Å². The molecule has 162 valence electrons. The Labute approximate surface area is 175 Å². The molecule has 0 spiro atoms. The quantitative estimate of drug-likeness (QED) is 0.516. The third-order valence-corrected chi connectivity index (χ3v) is 5.60. The van der Waals surface area contributed by atoms with Gasteiger partial charge in [-0.2, -0.15) is 4.72 Å². The SMILES string of the molecule is COCC(=O)Nc1cccc(CNC(=O)[C@H](C)NS(=O)(=O)c2ccc(OC)cc2)c1. The molecular weight excluding hydrogens is 410 g/mol. The van der Waals surface area contributed by atoms with Gasteiger partial charge in [0.25, 0.3) is 0 Å². The Kier molecular flexibility index (Phi) is 8.34. The van der Waals surface area contributed by atoms with E-state index in [4.69, 9.17) is 9.47 Å². The van der Waals surface area contributed by atoms with Gasteiger partial charge in [0.2, 0.25) is 21.8 Å². The van der Waals surface area contributed by atoms with Crippen LogP contribution in [0.1, 0.15) is 12.5 Å². The lowest BCUT2D eigenvalue weighted by molar-refractivity contribution is -0.122. The van der Waals surface area contributed by atoms with E-state index in [2.05, 4.69) is 15.4 Å². The zero-order chi connectivity index (χ0) is 22.1. The van der Waals surface area contributed by atoms with Crippen LogP contribution in [0.3, 0.4) is 0 Å². The lowest BCUT2D eigenvalue weighted by atomic mass is 10.2. The summed E-state index contributed by atoms with van der Waals surface area (Å²) in [6.07, 6.45) is 0. The van der Waals surface area contributed by atoms with Crippen molar-refractivity contribution >= 4 is 27.5 Å². The summed E-state index contributed by atoms with van der Waals surface area (Å²) in [6.45, 7) is 1.56. The number of hydrogen-bond acceptors (Lipinski definition) is 6. The maximum absolute atomic E-state index is 12.4. The number of benzene rings is 2. The summed E-state index contributed by atoms with van der Waals surface area (Å²) < 4.78 is 37.0. The summed E-state index contributed by atoms with van der Waals surface area (Å²) >= 11 is 0. The lowest BCUT2D eigenvalue weighted by Crippen LogP contribution is -2.44. The minimum absolute atomic E-state index is 0.0300. The summed E-state index contributed by atoms with van der Waals surface area (Å²) in [7, 11) is -0.954. The van der Waals surface area contributed by atoms with Crippen molar-refractivity contribution in [2.45, 2.75) is 24.4 Å². The number of rotatable bonds is 10. The summed E-state index contributed by atoms with van der Waals surface area (Å²) in [5, 5.41) is 5.35. The van der Waals surface area contributed by atoms with Crippen LogP contribution < -0.4 is 20.1 Å². The molecule has 30 heavy (non-hydrogen) atoms.